The zero-order valence-electron chi connectivity index (χ0n) is 12.3. The van der Waals surface area contributed by atoms with Crippen LogP contribution in [0.4, 0.5) is 0 Å². The molecule has 2 fully saturated rings. The van der Waals surface area contributed by atoms with E-state index in [1.807, 2.05) is 6.07 Å². The minimum atomic E-state index is 0.658. The lowest BCUT2D eigenvalue weighted by molar-refractivity contribution is 0.205. The van der Waals surface area contributed by atoms with E-state index in [1.165, 1.54) is 57.1 Å². The quantitative estimate of drug-likeness (QED) is 0.756. The Labute approximate surface area is 128 Å². The summed E-state index contributed by atoms with van der Waals surface area (Å²) in [7, 11) is 0. The summed E-state index contributed by atoms with van der Waals surface area (Å²) in [5.74, 6) is 2.45. The summed E-state index contributed by atoms with van der Waals surface area (Å²) in [4.78, 5) is 0. The summed E-state index contributed by atoms with van der Waals surface area (Å²) in [6.07, 6.45) is 10.0. The number of hydrogen-bond acceptors (Lipinski definition) is 1. The highest BCUT2D eigenvalue weighted by atomic mass is 35.5. The van der Waals surface area contributed by atoms with Gasteiger partial charge in [0.05, 0.1) is 0 Å². The monoisotopic (exact) mass is 291 g/mol. The third-order valence-corrected chi connectivity index (χ3v) is 5.55. The van der Waals surface area contributed by atoms with E-state index in [1.54, 1.807) is 0 Å². The molecule has 2 atom stereocenters. The molecule has 1 nitrogen and oxygen atoms in total. The average Bonchev–Trinajstić information content (AvgIpc) is 2.76. The fourth-order valence-corrected chi connectivity index (χ4v) is 4.48. The zero-order valence-corrected chi connectivity index (χ0v) is 13.0. The van der Waals surface area contributed by atoms with Gasteiger partial charge in [-0.05, 0) is 48.4 Å². The third-order valence-electron chi connectivity index (χ3n) is 5.32. The van der Waals surface area contributed by atoms with Crippen molar-refractivity contribution in [1.82, 2.24) is 5.32 Å². The summed E-state index contributed by atoms with van der Waals surface area (Å²) < 4.78 is 0. The molecule has 1 aromatic carbocycles. The molecule has 20 heavy (non-hydrogen) atoms. The molecule has 0 aromatic heterocycles. The zero-order chi connectivity index (χ0) is 13.8. The standard InChI is InChI=1S/C18H26ClN/c19-16-9-5-8-15(12-16)18-13-20-11-10-17(18)14-6-3-1-2-4-7-14/h5,8-9,12,14,17-18,20H,1-4,6-7,10-11,13H2. The molecule has 1 saturated heterocycles. The molecule has 2 heteroatoms. The maximum absolute atomic E-state index is 6.20. The molecular weight excluding hydrogens is 266 g/mol. The van der Waals surface area contributed by atoms with Gasteiger partial charge in [0.15, 0.2) is 0 Å². The van der Waals surface area contributed by atoms with E-state index in [2.05, 4.69) is 23.5 Å². The Morgan fingerprint density at radius 2 is 1.80 bits per heavy atom. The number of nitrogens with one attached hydrogen (secondary N) is 1. The van der Waals surface area contributed by atoms with Crippen LogP contribution < -0.4 is 5.32 Å². The highest BCUT2D eigenvalue weighted by Gasteiger charge is 2.32. The second kappa shape index (κ2) is 6.95. The van der Waals surface area contributed by atoms with Crippen molar-refractivity contribution in [2.45, 2.75) is 50.9 Å². The number of hydrogen-bond donors (Lipinski definition) is 1. The van der Waals surface area contributed by atoms with Gasteiger partial charge < -0.3 is 5.32 Å². The smallest absolute Gasteiger partial charge is 0.0408 e. The Bertz CT molecular complexity index is 423. The molecular formula is C18H26ClN. The molecule has 1 aliphatic heterocycles. The maximum Gasteiger partial charge on any atom is 0.0408 e. The van der Waals surface area contributed by atoms with E-state index in [9.17, 15) is 0 Å². The molecule has 1 N–H and O–H groups in total. The first kappa shape index (κ1) is 14.4. The average molecular weight is 292 g/mol. The van der Waals surface area contributed by atoms with Gasteiger partial charge in [0.25, 0.3) is 0 Å². The van der Waals surface area contributed by atoms with E-state index in [4.69, 9.17) is 11.6 Å². The second-order valence-corrected chi connectivity index (χ2v) is 7.01. The molecule has 1 aliphatic carbocycles. The maximum atomic E-state index is 6.20. The van der Waals surface area contributed by atoms with Crippen LogP contribution in [0, 0.1) is 11.8 Å². The molecule has 1 aromatic rings. The van der Waals surface area contributed by atoms with Crippen molar-refractivity contribution >= 4 is 11.6 Å². The fourth-order valence-electron chi connectivity index (χ4n) is 4.28. The first-order chi connectivity index (χ1) is 9.84. The third kappa shape index (κ3) is 3.38. The highest BCUT2D eigenvalue weighted by Crippen LogP contribution is 2.41. The Morgan fingerprint density at radius 1 is 1.00 bits per heavy atom. The van der Waals surface area contributed by atoms with Gasteiger partial charge >= 0.3 is 0 Å². The molecule has 0 spiro atoms. The number of halogens is 1. The second-order valence-electron chi connectivity index (χ2n) is 6.57. The van der Waals surface area contributed by atoms with Crippen molar-refractivity contribution in [3.8, 4) is 0 Å². The van der Waals surface area contributed by atoms with E-state index < -0.39 is 0 Å². The van der Waals surface area contributed by atoms with Crippen LogP contribution in [0.15, 0.2) is 24.3 Å². The van der Waals surface area contributed by atoms with Crippen molar-refractivity contribution < 1.29 is 0 Å². The van der Waals surface area contributed by atoms with Crippen molar-refractivity contribution in [3.63, 3.8) is 0 Å². The van der Waals surface area contributed by atoms with Crippen LogP contribution in [0.5, 0.6) is 0 Å². The minimum absolute atomic E-state index is 0.658. The Balaban J connectivity index is 1.79. The highest BCUT2D eigenvalue weighted by molar-refractivity contribution is 6.30. The van der Waals surface area contributed by atoms with Crippen molar-refractivity contribution in [2.75, 3.05) is 13.1 Å². The van der Waals surface area contributed by atoms with Crippen LogP contribution in [0.3, 0.4) is 0 Å². The van der Waals surface area contributed by atoms with Crippen molar-refractivity contribution in [3.05, 3.63) is 34.9 Å². The largest absolute Gasteiger partial charge is 0.316 e. The summed E-state index contributed by atoms with van der Waals surface area (Å²) in [6.45, 7) is 2.32. The predicted molar refractivity (Wildman–Crippen MR) is 86.4 cm³/mol. The first-order valence-electron chi connectivity index (χ1n) is 8.31. The van der Waals surface area contributed by atoms with E-state index in [-0.39, 0.29) is 0 Å². The topological polar surface area (TPSA) is 12.0 Å². The van der Waals surface area contributed by atoms with Gasteiger partial charge in [0, 0.05) is 11.6 Å². The van der Waals surface area contributed by atoms with Crippen LogP contribution in [0.1, 0.15) is 56.4 Å². The summed E-state index contributed by atoms with van der Waals surface area (Å²) >= 11 is 6.20. The Hall–Kier alpha value is -0.530. The van der Waals surface area contributed by atoms with Crippen LogP contribution >= 0.6 is 11.6 Å². The minimum Gasteiger partial charge on any atom is -0.316 e. The number of benzene rings is 1. The molecule has 0 bridgehead atoms. The van der Waals surface area contributed by atoms with Gasteiger partial charge in [0.2, 0.25) is 0 Å². The van der Waals surface area contributed by atoms with Crippen LogP contribution in [-0.4, -0.2) is 13.1 Å². The predicted octanol–water partition coefficient (Wildman–Crippen LogP) is 5.00. The van der Waals surface area contributed by atoms with Gasteiger partial charge in [0.1, 0.15) is 0 Å². The van der Waals surface area contributed by atoms with Gasteiger partial charge in [-0.1, -0.05) is 62.3 Å². The lowest BCUT2D eigenvalue weighted by Crippen LogP contribution is -2.38. The van der Waals surface area contributed by atoms with E-state index >= 15 is 0 Å². The summed E-state index contributed by atoms with van der Waals surface area (Å²) in [5, 5.41) is 4.48. The Kier molecular flexibility index (Phi) is 5.01. The van der Waals surface area contributed by atoms with E-state index in [0.717, 1.165) is 23.4 Å². The van der Waals surface area contributed by atoms with Gasteiger partial charge in [-0.25, -0.2) is 0 Å². The molecule has 0 amide bonds. The van der Waals surface area contributed by atoms with Crippen LogP contribution in [-0.2, 0) is 0 Å². The molecule has 3 rings (SSSR count). The van der Waals surface area contributed by atoms with Gasteiger partial charge in [-0.3, -0.25) is 0 Å². The van der Waals surface area contributed by atoms with Crippen molar-refractivity contribution in [1.29, 1.82) is 0 Å². The molecule has 2 aliphatic rings. The lowest BCUT2D eigenvalue weighted by Gasteiger charge is -2.38. The van der Waals surface area contributed by atoms with E-state index in [0.29, 0.717) is 5.92 Å². The lowest BCUT2D eigenvalue weighted by atomic mass is 9.71. The van der Waals surface area contributed by atoms with Gasteiger partial charge in [-0.15, -0.1) is 0 Å². The normalized spacial score (nSPS) is 29.1. The fraction of sp³-hybridized carbons (Fsp3) is 0.667. The summed E-state index contributed by atoms with van der Waals surface area (Å²) in [6, 6.07) is 8.55. The molecule has 0 radical (unpaired) electrons. The molecule has 1 saturated carbocycles. The number of piperidine rings is 1. The summed E-state index contributed by atoms with van der Waals surface area (Å²) in [5.41, 5.74) is 1.44. The molecule has 2 unspecified atom stereocenters. The SMILES string of the molecule is Clc1cccc(C2CNCCC2C2CCCCCC2)c1. The Morgan fingerprint density at radius 3 is 2.55 bits per heavy atom. The number of rotatable bonds is 2. The van der Waals surface area contributed by atoms with Crippen LogP contribution in [0.2, 0.25) is 5.02 Å². The molecule has 1 heterocycles. The van der Waals surface area contributed by atoms with Crippen molar-refractivity contribution in [2.24, 2.45) is 11.8 Å². The van der Waals surface area contributed by atoms with Gasteiger partial charge in [-0.2, -0.15) is 0 Å². The first-order valence-corrected chi connectivity index (χ1v) is 8.68. The molecule has 110 valence electrons. The van der Waals surface area contributed by atoms with Crippen LogP contribution in [0.25, 0.3) is 0 Å².